The Bertz CT molecular complexity index is 1040. The zero-order valence-electron chi connectivity index (χ0n) is 18.5. The normalized spacial score (nSPS) is 21.4. The van der Waals surface area contributed by atoms with Crippen molar-refractivity contribution in [3.05, 3.63) is 72.3 Å². The highest BCUT2D eigenvalue weighted by Gasteiger charge is 2.43. The van der Waals surface area contributed by atoms with Gasteiger partial charge < -0.3 is 18.8 Å². The Morgan fingerprint density at radius 3 is 2.72 bits per heavy atom. The fraction of sp³-hybridized carbons (Fsp3) is 0.462. The lowest BCUT2D eigenvalue weighted by molar-refractivity contribution is -0.148. The van der Waals surface area contributed by atoms with E-state index in [2.05, 4.69) is 44.6 Å². The number of amides is 1. The van der Waals surface area contributed by atoms with Gasteiger partial charge in [0.15, 0.2) is 0 Å². The molecule has 2 aromatic heterocycles. The third kappa shape index (κ3) is 4.43. The molecule has 0 aliphatic carbocycles. The number of carbonyl (C=O) groups excluding carboxylic acids is 1. The molecule has 2 aliphatic heterocycles. The maximum atomic E-state index is 14.0. The Hall–Kier alpha value is -2.70. The zero-order chi connectivity index (χ0) is 21.8. The average molecular weight is 434 g/mol. The highest BCUT2D eigenvalue weighted by Crippen LogP contribution is 2.37. The molecule has 0 radical (unpaired) electrons. The molecule has 4 heterocycles. The molecule has 1 unspecified atom stereocenters. The topological polar surface area (TPSA) is 56.1 Å². The summed E-state index contributed by atoms with van der Waals surface area (Å²) in [5.41, 5.74) is 3.01. The minimum atomic E-state index is -0.395. The maximum absolute atomic E-state index is 14.0. The number of benzene rings is 1. The fourth-order valence-corrected chi connectivity index (χ4v) is 5.20. The molecule has 0 saturated carbocycles. The standard InChI is InChI=1S/C26H31N3O3/c30-25(26(8-14-31-15-9-26)18-21-5-2-1-3-6-21)29-13-16-32-20-22(19-29)17-23-24-7-4-11-28(24)12-10-27-23/h1-7,10-12,22H,8-9,13-20H2. The first kappa shape index (κ1) is 21.2. The Morgan fingerprint density at radius 1 is 1.03 bits per heavy atom. The van der Waals surface area contributed by atoms with Gasteiger partial charge in [-0.3, -0.25) is 9.78 Å². The first-order valence-corrected chi connectivity index (χ1v) is 11.6. The molecule has 32 heavy (non-hydrogen) atoms. The number of hydrogen-bond acceptors (Lipinski definition) is 4. The van der Waals surface area contributed by atoms with E-state index in [1.807, 2.05) is 30.7 Å². The molecule has 2 fully saturated rings. The van der Waals surface area contributed by atoms with Gasteiger partial charge in [0.2, 0.25) is 5.91 Å². The van der Waals surface area contributed by atoms with Crippen LogP contribution in [0.25, 0.3) is 5.52 Å². The summed E-state index contributed by atoms with van der Waals surface area (Å²) in [6.45, 7) is 3.89. The van der Waals surface area contributed by atoms with E-state index in [-0.39, 0.29) is 11.8 Å². The molecule has 1 amide bonds. The Morgan fingerprint density at radius 2 is 1.88 bits per heavy atom. The lowest BCUT2D eigenvalue weighted by Gasteiger charge is -2.40. The highest BCUT2D eigenvalue weighted by molar-refractivity contribution is 5.83. The lowest BCUT2D eigenvalue weighted by atomic mass is 9.74. The van der Waals surface area contributed by atoms with E-state index < -0.39 is 5.41 Å². The number of fused-ring (bicyclic) bond motifs is 1. The molecule has 0 bridgehead atoms. The Balaban J connectivity index is 1.35. The molecule has 168 valence electrons. The number of rotatable bonds is 5. The summed E-state index contributed by atoms with van der Waals surface area (Å²) in [4.78, 5) is 20.7. The van der Waals surface area contributed by atoms with Crippen molar-refractivity contribution in [2.75, 3.05) is 39.5 Å². The van der Waals surface area contributed by atoms with Crippen molar-refractivity contribution in [2.24, 2.45) is 11.3 Å². The van der Waals surface area contributed by atoms with E-state index in [0.717, 1.165) is 36.9 Å². The Labute approximate surface area is 189 Å². The minimum Gasteiger partial charge on any atom is -0.381 e. The third-order valence-electron chi connectivity index (χ3n) is 6.93. The van der Waals surface area contributed by atoms with E-state index in [9.17, 15) is 4.79 Å². The van der Waals surface area contributed by atoms with Gasteiger partial charge in [-0.15, -0.1) is 0 Å². The van der Waals surface area contributed by atoms with Crippen molar-refractivity contribution in [1.82, 2.24) is 14.3 Å². The minimum absolute atomic E-state index is 0.226. The van der Waals surface area contributed by atoms with Crippen molar-refractivity contribution < 1.29 is 14.3 Å². The molecule has 1 aromatic carbocycles. The van der Waals surface area contributed by atoms with E-state index >= 15 is 0 Å². The third-order valence-corrected chi connectivity index (χ3v) is 6.93. The molecular weight excluding hydrogens is 402 g/mol. The summed E-state index contributed by atoms with van der Waals surface area (Å²) in [6.07, 6.45) is 8.96. The monoisotopic (exact) mass is 433 g/mol. The number of ether oxygens (including phenoxy) is 2. The van der Waals surface area contributed by atoms with Crippen LogP contribution in [0.2, 0.25) is 0 Å². The summed E-state index contributed by atoms with van der Waals surface area (Å²) in [7, 11) is 0. The van der Waals surface area contributed by atoms with Crippen molar-refractivity contribution in [1.29, 1.82) is 0 Å². The molecule has 1 atom stereocenters. The summed E-state index contributed by atoms with van der Waals surface area (Å²) >= 11 is 0. The molecule has 3 aromatic rings. The van der Waals surface area contributed by atoms with Crippen LogP contribution in [-0.2, 0) is 27.1 Å². The van der Waals surface area contributed by atoms with Crippen LogP contribution in [-0.4, -0.2) is 59.7 Å². The summed E-state index contributed by atoms with van der Waals surface area (Å²) in [5.74, 6) is 0.484. The SMILES string of the molecule is O=C(N1CCOCC(Cc2nccn3cccc23)C1)C1(Cc2ccccc2)CCOCC1. The van der Waals surface area contributed by atoms with Crippen molar-refractivity contribution in [3.8, 4) is 0 Å². The second-order valence-electron chi connectivity index (χ2n) is 9.13. The van der Waals surface area contributed by atoms with E-state index in [1.165, 1.54) is 5.56 Å². The van der Waals surface area contributed by atoms with Crippen molar-refractivity contribution >= 4 is 11.4 Å². The summed E-state index contributed by atoms with van der Waals surface area (Å²) in [5, 5.41) is 0. The van der Waals surface area contributed by atoms with Crippen LogP contribution in [0.4, 0.5) is 0 Å². The van der Waals surface area contributed by atoms with E-state index in [0.29, 0.717) is 39.5 Å². The van der Waals surface area contributed by atoms with Gasteiger partial charge in [-0.2, -0.15) is 0 Å². The molecule has 5 rings (SSSR count). The van der Waals surface area contributed by atoms with E-state index in [1.54, 1.807) is 0 Å². The van der Waals surface area contributed by atoms with Gasteiger partial charge in [-0.1, -0.05) is 30.3 Å². The maximum Gasteiger partial charge on any atom is 0.229 e. The number of hydrogen-bond donors (Lipinski definition) is 0. The lowest BCUT2D eigenvalue weighted by Crippen LogP contribution is -2.50. The van der Waals surface area contributed by atoms with Crippen LogP contribution >= 0.6 is 0 Å². The van der Waals surface area contributed by atoms with Crippen LogP contribution in [0, 0.1) is 11.3 Å². The predicted octanol–water partition coefficient (Wildman–Crippen LogP) is 3.39. The van der Waals surface area contributed by atoms with Crippen LogP contribution in [0.15, 0.2) is 61.1 Å². The fourth-order valence-electron chi connectivity index (χ4n) is 5.20. The van der Waals surface area contributed by atoms with Crippen LogP contribution in [0.1, 0.15) is 24.1 Å². The molecule has 6 heteroatoms. The van der Waals surface area contributed by atoms with Gasteiger partial charge >= 0.3 is 0 Å². The first-order chi connectivity index (χ1) is 15.7. The number of aromatic nitrogens is 2. The number of nitrogens with zero attached hydrogens (tertiary/aromatic N) is 3. The van der Waals surface area contributed by atoms with Gasteiger partial charge in [0, 0.05) is 50.8 Å². The Kier molecular flexibility index (Phi) is 6.23. The van der Waals surface area contributed by atoms with Gasteiger partial charge in [-0.25, -0.2) is 0 Å². The van der Waals surface area contributed by atoms with Crippen LogP contribution < -0.4 is 0 Å². The highest BCUT2D eigenvalue weighted by atomic mass is 16.5. The summed E-state index contributed by atoms with van der Waals surface area (Å²) < 4.78 is 13.7. The van der Waals surface area contributed by atoms with Crippen molar-refractivity contribution in [3.63, 3.8) is 0 Å². The molecule has 0 N–H and O–H groups in total. The van der Waals surface area contributed by atoms with Gasteiger partial charge in [-0.05, 0) is 43.4 Å². The molecule has 0 spiro atoms. The summed E-state index contributed by atoms with van der Waals surface area (Å²) in [6, 6.07) is 14.5. The first-order valence-electron chi connectivity index (χ1n) is 11.6. The second-order valence-corrected chi connectivity index (χ2v) is 9.13. The van der Waals surface area contributed by atoms with Gasteiger partial charge in [0.1, 0.15) is 0 Å². The van der Waals surface area contributed by atoms with E-state index in [4.69, 9.17) is 9.47 Å². The van der Waals surface area contributed by atoms with Gasteiger partial charge in [0.05, 0.1) is 29.8 Å². The second kappa shape index (κ2) is 9.43. The number of carbonyl (C=O) groups is 1. The average Bonchev–Trinajstić information content (AvgIpc) is 3.20. The van der Waals surface area contributed by atoms with Gasteiger partial charge in [0.25, 0.3) is 0 Å². The quantitative estimate of drug-likeness (QED) is 0.619. The molecule has 6 nitrogen and oxygen atoms in total. The predicted molar refractivity (Wildman–Crippen MR) is 122 cm³/mol. The largest absolute Gasteiger partial charge is 0.381 e. The smallest absolute Gasteiger partial charge is 0.229 e. The molecule has 2 aliphatic rings. The van der Waals surface area contributed by atoms with Crippen molar-refractivity contribution in [2.45, 2.75) is 25.7 Å². The molecule has 2 saturated heterocycles. The molecular formula is C26H31N3O3. The van der Waals surface area contributed by atoms with Crippen LogP contribution in [0.5, 0.6) is 0 Å². The zero-order valence-corrected chi connectivity index (χ0v) is 18.5. The van der Waals surface area contributed by atoms with Crippen LogP contribution in [0.3, 0.4) is 0 Å².